The third-order valence-corrected chi connectivity index (χ3v) is 3.60. The first-order chi connectivity index (χ1) is 7.93. The molecule has 1 aliphatic heterocycles. The molecule has 0 fully saturated rings. The summed E-state index contributed by atoms with van der Waals surface area (Å²) in [6.07, 6.45) is 1.66. The van der Waals surface area contributed by atoms with Crippen molar-refractivity contribution in [1.82, 2.24) is 4.57 Å². The van der Waals surface area contributed by atoms with E-state index in [0.717, 1.165) is 6.07 Å². The van der Waals surface area contributed by atoms with Crippen molar-refractivity contribution in [3.8, 4) is 0 Å². The molecule has 1 aromatic carbocycles. The first-order valence-corrected chi connectivity index (χ1v) is 5.38. The van der Waals surface area contributed by atoms with Gasteiger partial charge in [-0.3, -0.25) is 0 Å². The number of halogens is 2. The third-order valence-electron chi connectivity index (χ3n) is 3.60. The van der Waals surface area contributed by atoms with Crippen LogP contribution in [-0.2, 0) is 12.1 Å². The molecule has 2 aromatic rings. The molecular weight excluding hydrogens is 226 g/mol. The maximum Gasteiger partial charge on any atom is 0.168 e. The fourth-order valence-electron chi connectivity index (χ4n) is 2.46. The van der Waals surface area contributed by atoms with E-state index in [9.17, 15) is 13.9 Å². The Morgan fingerprint density at radius 2 is 2.24 bits per heavy atom. The summed E-state index contributed by atoms with van der Waals surface area (Å²) in [6.45, 7) is 1.91. The number of aliphatic hydroxyl groups is 1. The lowest BCUT2D eigenvalue weighted by Crippen LogP contribution is -2.48. The van der Waals surface area contributed by atoms with Crippen LogP contribution in [0, 0.1) is 11.6 Å². The highest BCUT2D eigenvalue weighted by atomic mass is 19.2. The topological polar surface area (TPSA) is 51.2 Å². The van der Waals surface area contributed by atoms with Gasteiger partial charge in [0.25, 0.3) is 0 Å². The zero-order chi connectivity index (χ0) is 12.4. The Kier molecular flexibility index (Phi) is 1.92. The van der Waals surface area contributed by atoms with E-state index in [0.29, 0.717) is 17.6 Å². The molecule has 5 heteroatoms. The third kappa shape index (κ3) is 1.21. The van der Waals surface area contributed by atoms with Gasteiger partial charge in [-0.05, 0) is 19.1 Å². The molecule has 0 saturated heterocycles. The van der Waals surface area contributed by atoms with Gasteiger partial charge >= 0.3 is 0 Å². The minimum Gasteiger partial charge on any atom is -0.384 e. The van der Waals surface area contributed by atoms with Crippen molar-refractivity contribution in [2.45, 2.75) is 25.1 Å². The van der Waals surface area contributed by atoms with Crippen molar-refractivity contribution in [2.24, 2.45) is 5.73 Å². The highest BCUT2D eigenvalue weighted by Gasteiger charge is 2.38. The highest BCUT2D eigenvalue weighted by molar-refractivity contribution is 5.85. The second kappa shape index (κ2) is 3.05. The van der Waals surface area contributed by atoms with E-state index in [2.05, 4.69) is 0 Å². The predicted octanol–water partition coefficient (Wildman–Crippen LogP) is 1.47. The minimum atomic E-state index is -1.35. The normalized spacial score (nSPS) is 27.7. The van der Waals surface area contributed by atoms with Crippen molar-refractivity contribution in [3.63, 3.8) is 0 Å². The molecular formula is C12H12F2N2O. The number of rotatable bonds is 0. The monoisotopic (exact) mass is 238 g/mol. The first kappa shape index (κ1) is 10.7. The maximum atomic E-state index is 13.6. The molecule has 1 aliphatic rings. The molecule has 1 aromatic heterocycles. The van der Waals surface area contributed by atoms with Crippen LogP contribution >= 0.6 is 0 Å². The van der Waals surface area contributed by atoms with Crippen molar-refractivity contribution < 1.29 is 13.9 Å². The molecule has 0 spiro atoms. The van der Waals surface area contributed by atoms with Crippen molar-refractivity contribution in [2.75, 3.05) is 0 Å². The number of benzene rings is 1. The van der Waals surface area contributed by atoms with Gasteiger partial charge in [0.15, 0.2) is 11.6 Å². The van der Waals surface area contributed by atoms with Crippen LogP contribution in [0.3, 0.4) is 0 Å². The average molecular weight is 238 g/mol. The van der Waals surface area contributed by atoms with Gasteiger partial charge in [-0.2, -0.15) is 0 Å². The van der Waals surface area contributed by atoms with Gasteiger partial charge in [0.05, 0.1) is 11.6 Å². The molecule has 0 radical (unpaired) electrons. The summed E-state index contributed by atoms with van der Waals surface area (Å²) < 4.78 is 28.8. The van der Waals surface area contributed by atoms with E-state index in [1.54, 1.807) is 10.8 Å². The quantitative estimate of drug-likeness (QED) is 0.730. The Labute approximate surface area is 96.5 Å². The van der Waals surface area contributed by atoms with Crippen LogP contribution in [0.25, 0.3) is 10.9 Å². The van der Waals surface area contributed by atoms with E-state index in [1.165, 1.54) is 13.0 Å². The molecule has 3 rings (SSSR count). The second-order valence-electron chi connectivity index (χ2n) is 4.70. The summed E-state index contributed by atoms with van der Waals surface area (Å²) in [6, 6.07) is 1.99. The van der Waals surface area contributed by atoms with Crippen LogP contribution in [0.15, 0.2) is 18.3 Å². The van der Waals surface area contributed by atoms with Gasteiger partial charge in [-0.25, -0.2) is 8.78 Å². The van der Waals surface area contributed by atoms with Crippen LogP contribution in [0.1, 0.15) is 12.5 Å². The van der Waals surface area contributed by atoms with Crippen LogP contribution in [0.4, 0.5) is 8.78 Å². The van der Waals surface area contributed by atoms with Crippen LogP contribution in [0.5, 0.6) is 0 Å². The lowest BCUT2D eigenvalue weighted by atomic mass is 9.85. The van der Waals surface area contributed by atoms with Gasteiger partial charge in [0, 0.05) is 23.7 Å². The number of hydrogen-bond donors (Lipinski definition) is 2. The second-order valence-corrected chi connectivity index (χ2v) is 4.70. The largest absolute Gasteiger partial charge is 0.384 e. The predicted molar refractivity (Wildman–Crippen MR) is 59.4 cm³/mol. The van der Waals surface area contributed by atoms with Crippen molar-refractivity contribution in [1.29, 1.82) is 0 Å². The van der Waals surface area contributed by atoms with E-state index in [1.807, 2.05) is 0 Å². The summed E-state index contributed by atoms with van der Waals surface area (Å²) in [7, 11) is 0. The molecule has 0 aliphatic carbocycles. The highest BCUT2D eigenvalue weighted by Crippen LogP contribution is 2.37. The van der Waals surface area contributed by atoms with Crippen LogP contribution in [0.2, 0.25) is 0 Å². The molecule has 17 heavy (non-hydrogen) atoms. The maximum absolute atomic E-state index is 13.6. The molecule has 3 nitrogen and oxygen atoms in total. The molecule has 0 saturated carbocycles. The van der Waals surface area contributed by atoms with Gasteiger partial charge in [-0.15, -0.1) is 0 Å². The van der Waals surface area contributed by atoms with Gasteiger partial charge in [0.1, 0.15) is 5.60 Å². The van der Waals surface area contributed by atoms with Crippen molar-refractivity contribution in [3.05, 3.63) is 35.5 Å². The Morgan fingerprint density at radius 1 is 1.53 bits per heavy atom. The SMILES string of the molecule is CC1(O)c2cc(F)c(F)c3ccn(c23)C[C@H]1N. The zero-order valence-electron chi connectivity index (χ0n) is 9.24. The summed E-state index contributed by atoms with van der Waals surface area (Å²) in [4.78, 5) is 0. The smallest absolute Gasteiger partial charge is 0.168 e. The number of nitrogens with zero attached hydrogens (tertiary/aromatic N) is 1. The summed E-state index contributed by atoms with van der Waals surface area (Å²) in [5, 5.41) is 10.5. The minimum absolute atomic E-state index is 0.187. The number of aromatic nitrogens is 1. The van der Waals surface area contributed by atoms with Gasteiger partial charge in [0.2, 0.25) is 0 Å². The summed E-state index contributed by atoms with van der Waals surface area (Å²) >= 11 is 0. The van der Waals surface area contributed by atoms with Crippen LogP contribution < -0.4 is 5.73 Å². The van der Waals surface area contributed by atoms with E-state index in [-0.39, 0.29) is 5.39 Å². The van der Waals surface area contributed by atoms with Crippen LogP contribution in [-0.4, -0.2) is 15.7 Å². The Hall–Kier alpha value is -1.46. The summed E-state index contributed by atoms with van der Waals surface area (Å²) in [5.41, 5.74) is 5.38. The molecule has 3 N–H and O–H groups in total. The van der Waals surface area contributed by atoms with Gasteiger partial charge in [-0.1, -0.05) is 0 Å². The Bertz CT molecular complexity index is 618. The standard InChI is InChI=1S/C12H12F2N2O/c1-12(17)7-4-8(13)10(14)6-2-3-16(11(6)7)5-9(12)15/h2-4,9,17H,5,15H2,1H3/t9-,12?/m1/s1. The molecule has 0 bridgehead atoms. The van der Waals surface area contributed by atoms with E-state index in [4.69, 9.17) is 5.73 Å². The van der Waals surface area contributed by atoms with Gasteiger partial charge < -0.3 is 15.4 Å². The zero-order valence-corrected chi connectivity index (χ0v) is 9.24. The fourth-order valence-corrected chi connectivity index (χ4v) is 2.46. The number of hydrogen-bond acceptors (Lipinski definition) is 2. The average Bonchev–Trinajstić information content (AvgIpc) is 2.66. The first-order valence-electron chi connectivity index (χ1n) is 5.38. The molecule has 2 atom stereocenters. The fraction of sp³-hybridized carbons (Fsp3) is 0.333. The molecule has 90 valence electrons. The molecule has 2 heterocycles. The number of nitrogens with two attached hydrogens (primary N) is 1. The molecule has 1 unspecified atom stereocenters. The Balaban J connectivity index is 2.47. The lowest BCUT2D eigenvalue weighted by molar-refractivity contribution is 0.0193. The lowest BCUT2D eigenvalue weighted by Gasteiger charge is -2.36. The van der Waals surface area contributed by atoms with Crippen molar-refractivity contribution >= 4 is 10.9 Å². The Morgan fingerprint density at radius 3 is 2.94 bits per heavy atom. The molecule has 0 amide bonds. The summed E-state index contributed by atoms with van der Waals surface area (Å²) in [5.74, 6) is -1.84. The van der Waals surface area contributed by atoms with E-state index < -0.39 is 23.3 Å². The van der Waals surface area contributed by atoms with E-state index >= 15 is 0 Å².